The van der Waals surface area contributed by atoms with Crippen LogP contribution in [0.3, 0.4) is 0 Å². The number of carbonyl (C=O) groups is 3. The number of hydrogen-bond acceptors (Lipinski definition) is 4. The standard InChI is InChI=1S/C29H36ClNO4/c1-17(32)35-21-10-12-28(2)19(14-21)6-9-22-23(28)11-13-29(3)24(22)15-26(33)25(29)16-31-27(34)18-4-7-20(30)8-5-18/h4-8,21-25H,9-16H2,1-3H3,(H,31,34)/t21-,22+,23-,24-,25?,28-,29-/m0/s1. The highest BCUT2D eigenvalue weighted by Gasteiger charge is 2.61. The fourth-order valence-corrected chi connectivity index (χ4v) is 8.23. The van der Waals surface area contributed by atoms with Crippen molar-refractivity contribution in [1.29, 1.82) is 0 Å². The fraction of sp³-hybridized carbons (Fsp3) is 0.621. The lowest BCUT2D eigenvalue weighted by atomic mass is 9.47. The molecule has 1 amide bonds. The number of Topliss-reactive ketones (excluding diaryl/α,β-unsaturated/α-hetero) is 1. The summed E-state index contributed by atoms with van der Waals surface area (Å²) in [5.41, 5.74) is 2.07. The number of nitrogens with one attached hydrogen (secondary N) is 1. The van der Waals surface area contributed by atoms with Gasteiger partial charge in [0.15, 0.2) is 0 Å². The number of benzene rings is 1. The molecule has 4 aliphatic carbocycles. The first kappa shape index (κ1) is 24.5. The largest absolute Gasteiger partial charge is 0.462 e. The van der Waals surface area contributed by atoms with Gasteiger partial charge in [0.25, 0.3) is 5.91 Å². The molecule has 0 heterocycles. The van der Waals surface area contributed by atoms with E-state index in [2.05, 4.69) is 25.2 Å². The smallest absolute Gasteiger partial charge is 0.302 e. The lowest BCUT2D eigenvalue weighted by Gasteiger charge is -2.57. The number of ether oxygens (including phenoxy) is 1. The zero-order valence-corrected chi connectivity index (χ0v) is 21.7. The minimum absolute atomic E-state index is 0.000998. The molecule has 0 aromatic heterocycles. The lowest BCUT2D eigenvalue weighted by molar-refractivity contribution is -0.148. The predicted molar refractivity (Wildman–Crippen MR) is 135 cm³/mol. The summed E-state index contributed by atoms with van der Waals surface area (Å²) in [5.74, 6) is 1.22. The van der Waals surface area contributed by atoms with Crippen LogP contribution >= 0.6 is 11.6 Å². The van der Waals surface area contributed by atoms with Crippen LogP contribution in [0, 0.1) is 34.5 Å². The molecule has 1 aromatic carbocycles. The third-order valence-corrected chi connectivity index (χ3v) is 10.3. The van der Waals surface area contributed by atoms with Gasteiger partial charge in [-0.25, -0.2) is 0 Å². The van der Waals surface area contributed by atoms with Gasteiger partial charge in [0.05, 0.1) is 0 Å². The monoisotopic (exact) mass is 497 g/mol. The Morgan fingerprint density at radius 2 is 1.83 bits per heavy atom. The second-order valence-corrected chi connectivity index (χ2v) is 12.2. The Balaban J connectivity index is 1.30. The Kier molecular flexibility index (Phi) is 6.36. The maximum Gasteiger partial charge on any atom is 0.302 e. The SMILES string of the molecule is CC(=O)O[C@H]1CC[C@@]2(C)C(=CC[C@@H]3[C@@H]2CC[C@]2(C)C(CNC(=O)c4ccc(Cl)cc4)C(=O)C[C@@H]32)C1. The van der Waals surface area contributed by atoms with Crippen LogP contribution in [0.15, 0.2) is 35.9 Å². The molecule has 0 radical (unpaired) electrons. The molecule has 35 heavy (non-hydrogen) atoms. The van der Waals surface area contributed by atoms with Gasteiger partial charge >= 0.3 is 5.97 Å². The minimum atomic E-state index is -0.194. The van der Waals surface area contributed by atoms with Gasteiger partial charge in [0.1, 0.15) is 11.9 Å². The Bertz CT molecular complexity index is 1060. The summed E-state index contributed by atoms with van der Waals surface area (Å²) < 4.78 is 5.55. The average molecular weight is 498 g/mol. The molecule has 5 rings (SSSR count). The van der Waals surface area contributed by atoms with Gasteiger partial charge in [0.2, 0.25) is 0 Å². The second kappa shape index (κ2) is 9.06. The van der Waals surface area contributed by atoms with Gasteiger partial charge in [-0.15, -0.1) is 0 Å². The van der Waals surface area contributed by atoms with Gasteiger partial charge in [-0.2, -0.15) is 0 Å². The molecule has 5 nitrogen and oxygen atoms in total. The number of halogens is 1. The maximum absolute atomic E-state index is 13.3. The zero-order valence-electron chi connectivity index (χ0n) is 20.9. The summed E-state index contributed by atoms with van der Waals surface area (Å²) in [4.78, 5) is 37.5. The molecule has 4 aliphatic rings. The number of allylic oxidation sites excluding steroid dienone is 1. The predicted octanol–water partition coefficient (Wildman–Crippen LogP) is 5.76. The lowest BCUT2D eigenvalue weighted by Crippen LogP contribution is -2.51. The molecule has 3 fully saturated rings. The van der Waals surface area contributed by atoms with Crippen LogP contribution in [-0.2, 0) is 14.3 Å². The van der Waals surface area contributed by atoms with Gasteiger partial charge in [-0.3, -0.25) is 14.4 Å². The molecular formula is C29H36ClNO4. The number of ketones is 1. The number of fused-ring (bicyclic) bond motifs is 5. The highest BCUT2D eigenvalue weighted by Crippen LogP contribution is 2.65. The highest BCUT2D eigenvalue weighted by atomic mass is 35.5. The third kappa shape index (κ3) is 4.24. The van der Waals surface area contributed by atoms with Crippen molar-refractivity contribution in [1.82, 2.24) is 5.32 Å². The van der Waals surface area contributed by atoms with Crippen molar-refractivity contribution in [2.24, 2.45) is 34.5 Å². The van der Waals surface area contributed by atoms with E-state index < -0.39 is 0 Å². The summed E-state index contributed by atoms with van der Waals surface area (Å²) in [5, 5.41) is 3.63. The molecule has 188 valence electrons. The first-order valence-electron chi connectivity index (χ1n) is 13.0. The number of carbonyl (C=O) groups excluding carboxylic acids is 3. The molecule has 0 saturated heterocycles. The Morgan fingerprint density at radius 3 is 2.54 bits per heavy atom. The van der Waals surface area contributed by atoms with E-state index in [1.54, 1.807) is 24.3 Å². The summed E-state index contributed by atoms with van der Waals surface area (Å²) in [6, 6.07) is 6.85. The summed E-state index contributed by atoms with van der Waals surface area (Å²) >= 11 is 5.95. The van der Waals surface area contributed by atoms with Crippen molar-refractivity contribution < 1.29 is 19.1 Å². The van der Waals surface area contributed by atoms with Gasteiger partial charge in [0, 0.05) is 42.8 Å². The van der Waals surface area contributed by atoms with Crippen LogP contribution in [0.2, 0.25) is 5.02 Å². The molecule has 6 heteroatoms. The first-order valence-corrected chi connectivity index (χ1v) is 13.4. The van der Waals surface area contributed by atoms with Crippen molar-refractivity contribution in [3.63, 3.8) is 0 Å². The molecule has 1 unspecified atom stereocenters. The van der Waals surface area contributed by atoms with Gasteiger partial charge in [-0.05, 0) is 85.0 Å². The normalized spacial score (nSPS) is 38.0. The summed E-state index contributed by atoms with van der Waals surface area (Å²) in [7, 11) is 0. The van der Waals surface area contributed by atoms with Crippen molar-refractivity contribution in [3.05, 3.63) is 46.5 Å². The highest BCUT2D eigenvalue weighted by molar-refractivity contribution is 6.30. The van der Waals surface area contributed by atoms with Crippen LogP contribution in [-0.4, -0.2) is 30.3 Å². The first-order chi connectivity index (χ1) is 16.6. The third-order valence-electron chi connectivity index (χ3n) is 10.0. The number of rotatable bonds is 4. The van der Waals surface area contributed by atoms with E-state index in [1.165, 1.54) is 12.5 Å². The Morgan fingerprint density at radius 1 is 1.09 bits per heavy atom. The van der Waals surface area contributed by atoms with E-state index >= 15 is 0 Å². The Labute approximate surface area is 213 Å². The van der Waals surface area contributed by atoms with Crippen LogP contribution < -0.4 is 5.32 Å². The molecule has 1 N–H and O–H groups in total. The summed E-state index contributed by atoms with van der Waals surface area (Å²) in [6.07, 6.45) is 8.95. The van der Waals surface area contributed by atoms with Gasteiger partial charge < -0.3 is 10.1 Å². The number of hydrogen-bond donors (Lipinski definition) is 1. The van der Waals surface area contributed by atoms with E-state index in [4.69, 9.17) is 16.3 Å². The minimum Gasteiger partial charge on any atom is -0.462 e. The number of esters is 1. The molecule has 3 saturated carbocycles. The summed E-state index contributed by atoms with van der Waals surface area (Å²) in [6.45, 7) is 6.58. The molecule has 0 bridgehead atoms. The van der Waals surface area contributed by atoms with Crippen LogP contribution in [0.1, 0.15) is 76.1 Å². The number of amides is 1. The average Bonchev–Trinajstić information content (AvgIpc) is 3.07. The molecule has 0 spiro atoms. The van der Waals surface area contributed by atoms with E-state index in [9.17, 15) is 14.4 Å². The second-order valence-electron chi connectivity index (χ2n) is 11.7. The van der Waals surface area contributed by atoms with Crippen molar-refractivity contribution in [2.75, 3.05) is 6.54 Å². The van der Waals surface area contributed by atoms with Crippen molar-refractivity contribution in [3.8, 4) is 0 Å². The van der Waals surface area contributed by atoms with E-state index in [0.29, 0.717) is 47.1 Å². The van der Waals surface area contributed by atoms with Crippen molar-refractivity contribution >= 4 is 29.3 Å². The van der Waals surface area contributed by atoms with E-state index in [-0.39, 0.29) is 34.7 Å². The van der Waals surface area contributed by atoms with Crippen LogP contribution in [0.4, 0.5) is 0 Å². The van der Waals surface area contributed by atoms with Crippen molar-refractivity contribution in [2.45, 2.75) is 71.8 Å². The fourth-order valence-electron chi connectivity index (χ4n) is 8.10. The van der Waals surface area contributed by atoms with Gasteiger partial charge in [-0.1, -0.05) is 37.1 Å². The van der Waals surface area contributed by atoms with E-state index in [1.807, 2.05) is 0 Å². The maximum atomic E-state index is 13.3. The molecule has 1 aromatic rings. The Hall–Kier alpha value is -2.14. The van der Waals surface area contributed by atoms with Crippen LogP contribution in [0.5, 0.6) is 0 Å². The molecule has 0 aliphatic heterocycles. The molecular weight excluding hydrogens is 462 g/mol. The topological polar surface area (TPSA) is 72.5 Å². The van der Waals surface area contributed by atoms with Crippen LogP contribution in [0.25, 0.3) is 0 Å². The van der Waals surface area contributed by atoms with E-state index in [0.717, 1.165) is 38.5 Å². The molecule has 7 atom stereocenters. The zero-order chi connectivity index (χ0) is 25.0. The quantitative estimate of drug-likeness (QED) is 0.424.